The average Bonchev–Trinajstić information content (AvgIpc) is 2.26. The van der Waals surface area contributed by atoms with Crippen LogP contribution in [0.5, 0.6) is 0 Å². The summed E-state index contributed by atoms with van der Waals surface area (Å²) in [4.78, 5) is 1.91. The predicted octanol–water partition coefficient (Wildman–Crippen LogP) is 0.555. The summed E-state index contributed by atoms with van der Waals surface area (Å²) in [5.41, 5.74) is 0.967. The number of likely N-dealkylation sites (N-methyl/N-ethyl adjacent to an activating group) is 1. The molecular formula is C11H15NO3S. The Morgan fingerprint density at radius 2 is 2.00 bits per heavy atom. The Morgan fingerprint density at radius 1 is 1.38 bits per heavy atom. The fraction of sp³-hybridized carbons (Fsp3) is 0.364. The minimum atomic E-state index is -2.32. The van der Waals surface area contributed by atoms with E-state index in [0.29, 0.717) is 6.54 Å². The molecule has 1 aromatic carbocycles. The summed E-state index contributed by atoms with van der Waals surface area (Å²) in [6.45, 7) is 2.93. The molecule has 0 bridgehead atoms. The average molecular weight is 241 g/mol. The molecule has 4 nitrogen and oxygen atoms in total. The lowest BCUT2D eigenvalue weighted by Gasteiger charge is -2.24. The maximum Gasteiger partial charge on any atom is 0.212 e. The van der Waals surface area contributed by atoms with Crippen LogP contribution in [0.15, 0.2) is 30.3 Å². The van der Waals surface area contributed by atoms with Crippen LogP contribution in [0.4, 0.5) is 5.69 Å². The van der Waals surface area contributed by atoms with Crippen molar-refractivity contribution in [1.29, 1.82) is 0 Å². The summed E-state index contributed by atoms with van der Waals surface area (Å²) in [6, 6.07) is 9.56. The highest BCUT2D eigenvalue weighted by atomic mass is 32.2. The first-order valence-electron chi connectivity index (χ1n) is 5.04. The molecule has 1 unspecified atom stereocenters. The first-order chi connectivity index (χ1) is 7.63. The lowest BCUT2D eigenvalue weighted by atomic mass is 10.2. The molecule has 0 saturated carbocycles. The van der Waals surface area contributed by atoms with Gasteiger partial charge in [0, 0.05) is 18.8 Å². The van der Waals surface area contributed by atoms with Gasteiger partial charge in [-0.05, 0) is 19.1 Å². The van der Waals surface area contributed by atoms with Gasteiger partial charge < -0.3 is 10.0 Å². The Kier molecular flexibility index (Phi) is 5.01. The number of aliphatic hydroxyl groups is 1. The highest BCUT2D eigenvalue weighted by molar-refractivity contribution is 7.71. The molecule has 5 heteroatoms. The molecule has 88 valence electrons. The summed E-state index contributed by atoms with van der Waals surface area (Å²) in [5, 5.41) is 10.4. The predicted molar refractivity (Wildman–Crippen MR) is 65.3 cm³/mol. The van der Waals surface area contributed by atoms with Gasteiger partial charge in [0.1, 0.15) is 6.10 Å². The molecule has 0 saturated heterocycles. The van der Waals surface area contributed by atoms with Crippen molar-refractivity contribution in [3.8, 4) is 0 Å². The summed E-state index contributed by atoms with van der Waals surface area (Å²) >= 11 is 0. The number of nitrogens with zero attached hydrogens (tertiary/aromatic N) is 1. The van der Waals surface area contributed by atoms with Crippen LogP contribution in [0.2, 0.25) is 0 Å². The van der Waals surface area contributed by atoms with Crippen molar-refractivity contribution in [2.45, 2.75) is 13.0 Å². The standard InChI is InChI=1S/C11H15NO3S/c1-2-12(8-11(13)9-16(14)15)10-6-4-3-5-7-10/h3-7,9,11,13H,2,8H2,1H3. The van der Waals surface area contributed by atoms with Crippen LogP contribution in [-0.4, -0.2) is 38.1 Å². The number of anilines is 1. The Bertz CT molecular complexity index is 434. The number of para-hydroxylation sites is 1. The Balaban J connectivity index is 2.74. The van der Waals surface area contributed by atoms with Crippen molar-refractivity contribution in [2.75, 3.05) is 18.0 Å². The molecule has 0 aliphatic heterocycles. The lowest BCUT2D eigenvalue weighted by Crippen LogP contribution is -2.33. The smallest absolute Gasteiger partial charge is 0.212 e. The van der Waals surface area contributed by atoms with Crippen LogP contribution in [-0.2, 0) is 10.3 Å². The first-order valence-corrected chi connectivity index (χ1v) is 6.18. The highest BCUT2D eigenvalue weighted by Gasteiger charge is 2.08. The third kappa shape index (κ3) is 4.04. The Morgan fingerprint density at radius 3 is 2.50 bits per heavy atom. The van der Waals surface area contributed by atoms with Gasteiger partial charge in [0.25, 0.3) is 0 Å². The van der Waals surface area contributed by atoms with Gasteiger partial charge in [-0.2, -0.15) is 8.42 Å². The molecule has 0 radical (unpaired) electrons. The van der Waals surface area contributed by atoms with Crippen molar-refractivity contribution < 1.29 is 13.5 Å². The Hall–Kier alpha value is -1.33. The molecule has 0 amide bonds. The van der Waals surface area contributed by atoms with Crippen molar-refractivity contribution in [3.05, 3.63) is 30.3 Å². The van der Waals surface area contributed by atoms with E-state index < -0.39 is 16.4 Å². The van der Waals surface area contributed by atoms with Gasteiger partial charge in [0.15, 0.2) is 0 Å². The van der Waals surface area contributed by atoms with Crippen molar-refractivity contribution in [2.24, 2.45) is 0 Å². The van der Waals surface area contributed by atoms with Gasteiger partial charge in [0.2, 0.25) is 10.3 Å². The number of aliphatic hydroxyl groups excluding tert-OH is 1. The fourth-order valence-corrected chi connectivity index (χ4v) is 1.80. The maximum atomic E-state index is 10.4. The third-order valence-corrected chi connectivity index (χ3v) is 2.72. The van der Waals surface area contributed by atoms with Gasteiger partial charge >= 0.3 is 0 Å². The molecule has 0 spiro atoms. The van der Waals surface area contributed by atoms with E-state index in [1.54, 1.807) is 0 Å². The van der Waals surface area contributed by atoms with Crippen LogP contribution in [0, 0.1) is 0 Å². The van der Waals surface area contributed by atoms with Crippen LogP contribution < -0.4 is 4.90 Å². The van der Waals surface area contributed by atoms with E-state index in [2.05, 4.69) is 0 Å². The zero-order chi connectivity index (χ0) is 12.0. The highest BCUT2D eigenvalue weighted by Crippen LogP contribution is 2.12. The minimum absolute atomic E-state index is 0.272. The molecule has 0 aromatic heterocycles. The zero-order valence-corrected chi connectivity index (χ0v) is 9.89. The van der Waals surface area contributed by atoms with Crippen LogP contribution in [0.1, 0.15) is 6.92 Å². The van der Waals surface area contributed by atoms with E-state index in [-0.39, 0.29) is 6.54 Å². The summed E-state index contributed by atoms with van der Waals surface area (Å²) in [6.07, 6.45) is -0.974. The molecule has 1 N–H and O–H groups in total. The quantitative estimate of drug-likeness (QED) is 0.765. The number of hydrogen-bond donors (Lipinski definition) is 1. The summed E-state index contributed by atoms with van der Waals surface area (Å²) in [5.74, 6) is 0. The molecular weight excluding hydrogens is 226 g/mol. The SMILES string of the molecule is CCN(CC(O)C=S(=O)=O)c1ccccc1. The molecule has 1 aromatic rings. The number of benzene rings is 1. The van der Waals surface area contributed by atoms with Crippen molar-refractivity contribution in [3.63, 3.8) is 0 Å². The van der Waals surface area contributed by atoms with E-state index >= 15 is 0 Å². The molecule has 0 aliphatic rings. The molecule has 1 atom stereocenters. The zero-order valence-electron chi connectivity index (χ0n) is 9.07. The van der Waals surface area contributed by atoms with E-state index in [4.69, 9.17) is 0 Å². The van der Waals surface area contributed by atoms with Gasteiger partial charge in [-0.25, -0.2) is 0 Å². The topological polar surface area (TPSA) is 57.6 Å². The molecule has 0 heterocycles. The van der Waals surface area contributed by atoms with Gasteiger partial charge in [0.05, 0.1) is 5.37 Å². The normalized spacial score (nSPS) is 11.9. The number of hydrogen-bond acceptors (Lipinski definition) is 4. The third-order valence-electron chi connectivity index (χ3n) is 2.18. The molecule has 0 fully saturated rings. The van der Waals surface area contributed by atoms with Gasteiger partial charge in [-0.15, -0.1) is 0 Å². The van der Waals surface area contributed by atoms with E-state index in [9.17, 15) is 13.5 Å². The minimum Gasteiger partial charge on any atom is -0.386 e. The van der Waals surface area contributed by atoms with Crippen LogP contribution in [0.25, 0.3) is 0 Å². The lowest BCUT2D eigenvalue weighted by molar-refractivity contribution is 0.253. The van der Waals surface area contributed by atoms with Gasteiger partial charge in [-0.1, -0.05) is 18.2 Å². The monoisotopic (exact) mass is 241 g/mol. The Labute approximate surface area is 96.7 Å². The van der Waals surface area contributed by atoms with E-state index in [0.717, 1.165) is 11.1 Å². The van der Waals surface area contributed by atoms with E-state index in [1.807, 2.05) is 42.2 Å². The largest absolute Gasteiger partial charge is 0.386 e. The van der Waals surface area contributed by atoms with Crippen molar-refractivity contribution >= 4 is 21.3 Å². The molecule has 0 aliphatic carbocycles. The fourth-order valence-electron chi connectivity index (χ4n) is 1.45. The van der Waals surface area contributed by atoms with Gasteiger partial charge in [-0.3, -0.25) is 0 Å². The van der Waals surface area contributed by atoms with Crippen molar-refractivity contribution in [1.82, 2.24) is 0 Å². The number of rotatable bonds is 5. The second-order valence-corrected chi connectivity index (χ2v) is 4.13. The maximum absolute atomic E-state index is 10.4. The first kappa shape index (κ1) is 12.7. The summed E-state index contributed by atoms with van der Waals surface area (Å²) < 4.78 is 20.8. The van der Waals surface area contributed by atoms with E-state index in [1.165, 1.54) is 0 Å². The molecule has 16 heavy (non-hydrogen) atoms. The molecule has 1 rings (SSSR count). The second kappa shape index (κ2) is 6.30. The summed E-state index contributed by atoms with van der Waals surface area (Å²) in [7, 11) is -2.32. The second-order valence-electron chi connectivity index (χ2n) is 3.34. The van der Waals surface area contributed by atoms with Crippen LogP contribution in [0.3, 0.4) is 0 Å². The van der Waals surface area contributed by atoms with Crippen LogP contribution >= 0.6 is 0 Å².